The fourth-order valence-corrected chi connectivity index (χ4v) is 2.67. The van der Waals surface area contributed by atoms with Crippen molar-refractivity contribution in [2.75, 3.05) is 12.9 Å². The summed E-state index contributed by atoms with van der Waals surface area (Å²) >= 11 is 1.17. The first kappa shape index (κ1) is 10.2. The molecule has 1 atom stereocenters. The Bertz CT molecular complexity index is 402. The molecule has 3 nitrogen and oxygen atoms in total. The van der Waals surface area contributed by atoms with Crippen LogP contribution in [0.25, 0.3) is 0 Å². The fraction of sp³-hybridized carbons (Fsp3) is 0.273. The van der Waals surface area contributed by atoms with Gasteiger partial charge in [-0.1, -0.05) is 42.1 Å². The molecule has 1 aliphatic heterocycles. The molecule has 0 radical (unpaired) electrons. The van der Waals surface area contributed by atoms with Gasteiger partial charge < -0.3 is 4.74 Å². The summed E-state index contributed by atoms with van der Waals surface area (Å²) in [7, 11) is 1.31. The van der Waals surface area contributed by atoms with E-state index in [-0.39, 0.29) is 5.12 Å². The summed E-state index contributed by atoms with van der Waals surface area (Å²) in [5, 5.41) is -0.124. The van der Waals surface area contributed by atoms with Crippen LogP contribution in [0.2, 0.25) is 0 Å². The van der Waals surface area contributed by atoms with Crippen molar-refractivity contribution in [2.45, 2.75) is 5.41 Å². The van der Waals surface area contributed by atoms with E-state index in [2.05, 4.69) is 0 Å². The van der Waals surface area contributed by atoms with Gasteiger partial charge in [-0.05, 0) is 5.56 Å². The maximum absolute atomic E-state index is 11.7. The molecule has 0 aromatic heterocycles. The van der Waals surface area contributed by atoms with Gasteiger partial charge in [0.25, 0.3) is 0 Å². The second kappa shape index (κ2) is 3.70. The Kier molecular flexibility index (Phi) is 2.52. The molecule has 0 spiro atoms. The Morgan fingerprint density at radius 2 is 2.07 bits per heavy atom. The fourth-order valence-electron chi connectivity index (χ4n) is 1.63. The molecule has 2 rings (SSSR count). The molecule has 0 aliphatic carbocycles. The molecule has 15 heavy (non-hydrogen) atoms. The van der Waals surface area contributed by atoms with Gasteiger partial charge in [0, 0.05) is 5.75 Å². The number of benzene rings is 1. The summed E-state index contributed by atoms with van der Waals surface area (Å²) in [6.45, 7) is 0. The minimum absolute atomic E-state index is 0.124. The number of thioether (sulfide) groups is 1. The molecular formula is C11H10O3S. The van der Waals surface area contributed by atoms with Crippen molar-refractivity contribution in [3.05, 3.63) is 35.9 Å². The van der Waals surface area contributed by atoms with Crippen LogP contribution in [0.5, 0.6) is 0 Å². The maximum Gasteiger partial charge on any atom is 0.325 e. The molecule has 1 saturated heterocycles. The normalized spacial score (nSPS) is 24.5. The van der Waals surface area contributed by atoms with Gasteiger partial charge in [-0.3, -0.25) is 9.59 Å². The Balaban J connectivity index is 2.45. The van der Waals surface area contributed by atoms with Crippen molar-refractivity contribution in [3.63, 3.8) is 0 Å². The topological polar surface area (TPSA) is 43.4 Å². The van der Waals surface area contributed by atoms with Crippen molar-refractivity contribution in [1.29, 1.82) is 0 Å². The lowest BCUT2D eigenvalue weighted by atomic mass is 9.82. The van der Waals surface area contributed by atoms with E-state index in [4.69, 9.17) is 4.74 Å². The van der Waals surface area contributed by atoms with Crippen molar-refractivity contribution in [2.24, 2.45) is 0 Å². The average Bonchev–Trinajstić information content (AvgIpc) is 2.29. The zero-order valence-electron chi connectivity index (χ0n) is 8.23. The standard InChI is InChI=1S/C11H10O3S/c1-14-9(12)11(7-15-10(11)13)8-5-3-2-4-6-8/h2-6H,7H2,1H3. The zero-order valence-corrected chi connectivity index (χ0v) is 9.04. The van der Waals surface area contributed by atoms with Crippen LogP contribution in [-0.4, -0.2) is 23.9 Å². The molecule has 78 valence electrons. The summed E-state index contributed by atoms with van der Waals surface area (Å²) < 4.78 is 4.71. The molecule has 1 aromatic carbocycles. The third-order valence-corrected chi connectivity index (χ3v) is 3.76. The Morgan fingerprint density at radius 1 is 1.40 bits per heavy atom. The highest BCUT2D eigenvalue weighted by molar-refractivity contribution is 8.16. The Hall–Kier alpha value is -1.29. The van der Waals surface area contributed by atoms with Crippen LogP contribution >= 0.6 is 11.8 Å². The maximum atomic E-state index is 11.7. The van der Waals surface area contributed by atoms with Crippen LogP contribution in [0.1, 0.15) is 5.56 Å². The molecular weight excluding hydrogens is 212 g/mol. The lowest BCUT2D eigenvalue weighted by Crippen LogP contribution is -2.52. The molecule has 1 fully saturated rings. The molecule has 1 unspecified atom stereocenters. The van der Waals surface area contributed by atoms with Crippen molar-refractivity contribution >= 4 is 22.8 Å². The first-order valence-corrected chi connectivity index (χ1v) is 5.51. The number of carbonyl (C=O) groups excluding carboxylic acids is 2. The number of rotatable bonds is 2. The summed E-state index contributed by atoms with van der Waals surface area (Å²) in [4.78, 5) is 23.3. The van der Waals surface area contributed by atoms with Gasteiger partial charge in [0.1, 0.15) is 0 Å². The van der Waals surface area contributed by atoms with E-state index < -0.39 is 11.4 Å². The molecule has 0 bridgehead atoms. The first-order chi connectivity index (χ1) is 7.21. The molecule has 0 saturated carbocycles. The smallest absolute Gasteiger partial charge is 0.325 e. The van der Waals surface area contributed by atoms with Gasteiger partial charge in [0.05, 0.1) is 7.11 Å². The van der Waals surface area contributed by atoms with Gasteiger partial charge in [-0.15, -0.1) is 0 Å². The Morgan fingerprint density at radius 3 is 2.47 bits per heavy atom. The second-order valence-electron chi connectivity index (χ2n) is 3.34. The quantitative estimate of drug-likeness (QED) is 0.560. The van der Waals surface area contributed by atoms with Crippen LogP contribution in [-0.2, 0) is 19.7 Å². The van der Waals surface area contributed by atoms with Gasteiger partial charge in [-0.2, -0.15) is 0 Å². The van der Waals surface area contributed by atoms with Crippen LogP contribution in [0.3, 0.4) is 0 Å². The van der Waals surface area contributed by atoms with Crippen LogP contribution in [0.15, 0.2) is 30.3 Å². The molecule has 4 heteroatoms. The first-order valence-electron chi connectivity index (χ1n) is 4.53. The molecule has 1 aromatic rings. The number of hydrogen-bond donors (Lipinski definition) is 0. The van der Waals surface area contributed by atoms with Gasteiger partial charge >= 0.3 is 5.97 Å². The van der Waals surface area contributed by atoms with Gasteiger partial charge in [0.2, 0.25) is 5.12 Å². The largest absolute Gasteiger partial charge is 0.468 e. The minimum atomic E-state index is -1.05. The van der Waals surface area contributed by atoms with E-state index in [0.29, 0.717) is 5.75 Å². The van der Waals surface area contributed by atoms with Gasteiger partial charge in [0.15, 0.2) is 5.41 Å². The monoisotopic (exact) mass is 222 g/mol. The van der Waals surface area contributed by atoms with Crippen molar-refractivity contribution < 1.29 is 14.3 Å². The van der Waals surface area contributed by atoms with E-state index in [0.717, 1.165) is 5.56 Å². The second-order valence-corrected chi connectivity index (χ2v) is 4.29. The summed E-state index contributed by atoms with van der Waals surface area (Å²) in [6.07, 6.45) is 0. The third-order valence-electron chi connectivity index (χ3n) is 2.57. The van der Waals surface area contributed by atoms with Gasteiger partial charge in [-0.25, -0.2) is 0 Å². The Labute approximate surface area is 91.8 Å². The predicted molar refractivity (Wildman–Crippen MR) is 57.6 cm³/mol. The molecule has 0 amide bonds. The van der Waals surface area contributed by atoms with E-state index >= 15 is 0 Å². The van der Waals surface area contributed by atoms with E-state index in [9.17, 15) is 9.59 Å². The third kappa shape index (κ3) is 1.36. The number of carbonyl (C=O) groups is 2. The van der Waals surface area contributed by atoms with E-state index in [1.165, 1.54) is 18.9 Å². The van der Waals surface area contributed by atoms with Crippen molar-refractivity contribution in [3.8, 4) is 0 Å². The highest BCUT2D eigenvalue weighted by Crippen LogP contribution is 2.43. The lowest BCUT2D eigenvalue weighted by molar-refractivity contribution is -0.149. The number of esters is 1. The molecule has 0 N–H and O–H groups in total. The van der Waals surface area contributed by atoms with E-state index in [1.807, 2.05) is 18.2 Å². The highest BCUT2D eigenvalue weighted by atomic mass is 32.2. The molecule has 1 aliphatic rings. The SMILES string of the molecule is COC(=O)C1(c2ccccc2)CSC1=O. The average molecular weight is 222 g/mol. The van der Waals surface area contributed by atoms with Crippen molar-refractivity contribution in [1.82, 2.24) is 0 Å². The van der Waals surface area contributed by atoms with Crippen LogP contribution in [0, 0.1) is 0 Å². The summed E-state index contributed by atoms with van der Waals surface area (Å²) in [5.41, 5.74) is -0.332. The zero-order chi connectivity index (χ0) is 10.9. The van der Waals surface area contributed by atoms with Crippen LogP contribution < -0.4 is 0 Å². The number of hydrogen-bond acceptors (Lipinski definition) is 4. The molecule has 1 heterocycles. The lowest BCUT2D eigenvalue weighted by Gasteiger charge is -2.36. The number of methoxy groups -OCH3 is 1. The van der Waals surface area contributed by atoms with Crippen LogP contribution in [0.4, 0.5) is 0 Å². The summed E-state index contributed by atoms with van der Waals surface area (Å²) in [5.74, 6) is 0.0140. The number of ether oxygens (including phenoxy) is 1. The van der Waals surface area contributed by atoms with E-state index in [1.54, 1.807) is 12.1 Å². The minimum Gasteiger partial charge on any atom is -0.468 e. The highest BCUT2D eigenvalue weighted by Gasteiger charge is 2.56. The summed E-state index contributed by atoms with van der Waals surface area (Å²) in [6, 6.07) is 9.06. The predicted octanol–water partition coefficient (Wildman–Crippen LogP) is 1.37.